The molecule has 9 nitrogen and oxygen atoms in total. The maximum atomic E-state index is 13.5. The summed E-state index contributed by atoms with van der Waals surface area (Å²) in [6, 6.07) is 15.0. The third-order valence-corrected chi connectivity index (χ3v) is 7.31. The van der Waals surface area contributed by atoms with Gasteiger partial charge in [0.2, 0.25) is 0 Å². The summed E-state index contributed by atoms with van der Waals surface area (Å²) in [5.74, 6) is -1.58. The number of aliphatic hydroxyl groups excluding tert-OH is 1. The SMILES string of the molecule is CCOc1ccc(C(O)=C2C(=O)C(=O)N(c3nc4c(C)cc(C)cc4s3)C2c2cccc([N+](=O)[O-])c2)cc1. The Morgan fingerprint density at radius 2 is 1.87 bits per heavy atom. The second-order valence-corrected chi connectivity index (χ2v) is 9.91. The summed E-state index contributed by atoms with van der Waals surface area (Å²) < 4.78 is 6.29. The summed E-state index contributed by atoms with van der Waals surface area (Å²) in [7, 11) is 0. The molecule has 1 saturated heterocycles. The first-order valence-electron chi connectivity index (χ1n) is 11.9. The van der Waals surface area contributed by atoms with E-state index in [1.54, 1.807) is 30.3 Å². The van der Waals surface area contributed by atoms with Gasteiger partial charge in [-0.3, -0.25) is 24.6 Å². The average molecular weight is 530 g/mol. The zero-order chi connectivity index (χ0) is 27.1. The van der Waals surface area contributed by atoms with Gasteiger partial charge in [-0.05, 0) is 67.8 Å². The molecule has 0 aliphatic carbocycles. The topological polar surface area (TPSA) is 123 Å². The number of ether oxygens (including phenoxy) is 1. The van der Waals surface area contributed by atoms with Crippen LogP contribution in [0.15, 0.2) is 66.2 Å². The van der Waals surface area contributed by atoms with Crippen molar-refractivity contribution in [3.05, 3.63) is 98.6 Å². The molecule has 1 N–H and O–H groups in total. The number of carbonyl (C=O) groups excluding carboxylic acids is 2. The normalized spacial score (nSPS) is 16.8. The minimum atomic E-state index is -1.12. The number of ketones is 1. The average Bonchev–Trinajstić information content (AvgIpc) is 3.43. The van der Waals surface area contributed by atoms with Crippen LogP contribution >= 0.6 is 11.3 Å². The molecular formula is C28H23N3O6S. The minimum Gasteiger partial charge on any atom is -0.507 e. The molecule has 1 unspecified atom stereocenters. The van der Waals surface area contributed by atoms with Gasteiger partial charge in [0, 0.05) is 17.7 Å². The summed E-state index contributed by atoms with van der Waals surface area (Å²) in [4.78, 5) is 43.8. The largest absolute Gasteiger partial charge is 0.507 e. The lowest BCUT2D eigenvalue weighted by atomic mass is 9.95. The maximum absolute atomic E-state index is 13.5. The Hall–Kier alpha value is -4.57. The molecule has 3 aromatic carbocycles. The number of amides is 1. The van der Waals surface area contributed by atoms with Crippen LogP contribution in [-0.4, -0.2) is 33.3 Å². The number of benzene rings is 3. The monoisotopic (exact) mass is 529 g/mol. The number of rotatable bonds is 6. The van der Waals surface area contributed by atoms with Crippen molar-refractivity contribution in [2.24, 2.45) is 0 Å². The van der Waals surface area contributed by atoms with Crippen molar-refractivity contribution in [3.63, 3.8) is 0 Å². The lowest BCUT2D eigenvalue weighted by molar-refractivity contribution is -0.384. The summed E-state index contributed by atoms with van der Waals surface area (Å²) in [5.41, 5.74) is 2.87. The Bertz CT molecular complexity index is 1640. The van der Waals surface area contributed by atoms with Crippen LogP contribution in [0, 0.1) is 24.0 Å². The first-order chi connectivity index (χ1) is 18.2. The van der Waals surface area contributed by atoms with Gasteiger partial charge in [-0.2, -0.15) is 0 Å². The molecule has 1 atom stereocenters. The smallest absolute Gasteiger partial charge is 0.301 e. The number of non-ortho nitro benzene ring substituents is 1. The van der Waals surface area contributed by atoms with Gasteiger partial charge in [0.05, 0.1) is 33.4 Å². The molecule has 1 aliphatic heterocycles. The van der Waals surface area contributed by atoms with E-state index in [9.17, 15) is 24.8 Å². The second kappa shape index (κ2) is 9.71. The third-order valence-electron chi connectivity index (χ3n) is 6.30. The van der Waals surface area contributed by atoms with Crippen molar-refractivity contribution in [2.45, 2.75) is 26.8 Å². The number of aromatic nitrogens is 1. The van der Waals surface area contributed by atoms with Gasteiger partial charge in [-0.25, -0.2) is 4.98 Å². The number of carbonyl (C=O) groups is 2. The number of Topliss-reactive ketones (excluding diaryl/α,β-unsaturated/α-hetero) is 1. The van der Waals surface area contributed by atoms with E-state index in [0.717, 1.165) is 15.8 Å². The zero-order valence-corrected chi connectivity index (χ0v) is 21.6. The molecule has 192 valence electrons. The van der Waals surface area contributed by atoms with Crippen molar-refractivity contribution in [1.82, 2.24) is 4.98 Å². The van der Waals surface area contributed by atoms with Gasteiger partial charge < -0.3 is 9.84 Å². The number of hydrogen-bond donors (Lipinski definition) is 1. The molecule has 38 heavy (non-hydrogen) atoms. The van der Waals surface area contributed by atoms with Gasteiger partial charge >= 0.3 is 5.91 Å². The number of nitrogens with zero attached hydrogens (tertiary/aromatic N) is 3. The fourth-order valence-corrected chi connectivity index (χ4v) is 5.82. The molecule has 1 aromatic heterocycles. The molecule has 1 fully saturated rings. The van der Waals surface area contributed by atoms with Crippen LogP contribution in [0.1, 0.15) is 35.2 Å². The van der Waals surface area contributed by atoms with E-state index in [4.69, 9.17) is 4.74 Å². The van der Waals surface area contributed by atoms with E-state index < -0.39 is 28.4 Å². The number of aryl methyl sites for hydroxylation is 2. The number of thiazole rings is 1. The Kier molecular flexibility index (Phi) is 6.41. The standard InChI is InChI=1S/C28H23N3O6S/c1-4-37-20-10-8-17(9-11-20)25(32)22-24(18-6-5-7-19(14-18)31(35)36)30(27(34)26(22)33)28-29-23-16(3)12-15(2)13-21(23)38-28/h5-14,24,32H,4H2,1-3H3. The highest BCUT2D eigenvalue weighted by Gasteiger charge is 2.48. The van der Waals surface area contributed by atoms with E-state index in [1.807, 2.05) is 32.9 Å². The first kappa shape index (κ1) is 25.1. The summed E-state index contributed by atoms with van der Waals surface area (Å²) >= 11 is 1.24. The number of nitro benzene ring substituents is 1. The fraction of sp³-hybridized carbons (Fsp3) is 0.179. The van der Waals surface area contributed by atoms with E-state index in [2.05, 4.69) is 4.98 Å². The fourth-order valence-electron chi connectivity index (χ4n) is 4.65. The maximum Gasteiger partial charge on any atom is 0.301 e. The van der Waals surface area contributed by atoms with Crippen LogP contribution in [-0.2, 0) is 9.59 Å². The highest BCUT2D eigenvalue weighted by Crippen LogP contribution is 2.45. The molecule has 0 bridgehead atoms. The van der Waals surface area contributed by atoms with Crippen LogP contribution < -0.4 is 9.64 Å². The molecule has 1 amide bonds. The summed E-state index contributed by atoms with van der Waals surface area (Å²) in [6.45, 7) is 6.18. The van der Waals surface area contributed by atoms with E-state index >= 15 is 0 Å². The van der Waals surface area contributed by atoms with Crippen LogP contribution in [0.25, 0.3) is 16.0 Å². The van der Waals surface area contributed by atoms with Gasteiger partial charge in [-0.15, -0.1) is 0 Å². The van der Waals surface area contributed by atoms with Crippen molar-refractivity contribution in [2.75, 3.05) is 11.5 Å². The lowest BCUT2D eigenvalue weighted by Gasteiger charge is -2.22. The molecule has 0 spiro atoms. The molecule has 5 rings (SSSR count). The van der Waals surface area contributed by atoms with Crippen molar-refractivity contribution in [3.8, 4) is 5.75 Å². The number of nitro groups is 1. The van der Waals surface area contributed by atoms with Gasteiger partial charge in [0.25, 0.3) is 11.5 Å². The second-order valence-electron chi connectivity index (χ2n) is 8.90. The minimum absolute atomic E-state index is 0.174. The summed E-state index contributed by atoms with van der Waals surface area (Å²) in [5, 5.41) is 23.1. The zero-order valence-electron chi connectivity index (χ0n) is 20.8. The van der Waals surface area contributed by atoms with Gasteiger partial charge in [0.15, 0.2) is 5.13 Å². The lowest BCUT2D eigenvalue weighted by Crippen LogP contribution is -2.29. The van der Waals surface area contributed by atoms with Crippen LogP contribution in [0.3, 0.4) is 0 Å². The third kappa shape index (κ3) is 4.28. The molecule has 1 aliphatic rings. The highest BCUT2D eigenvalue weighted by molar-refractivity contribution is 7.22. The first-order valence-corrected chi connectivity index (χ1v) is 12.7. The van der Waals surface area contributed by atoms with E-state index in [-0.39, 0.29) is 16.4 Å². The van der Waals surface area contributed by atoms with Crippen LogP contribution in [0.5, 0.6) is 5.75 Å². The molecule has 0 saturated carbocycles. The predicted octanol–water partition coefficient (Wildman–Crippen LogP) is 5.85. The Morgan fingerprint density at radius 3 is 2.55 bits per heavy atom. The van der Waals surface area contributed by atoms with Crippen molar-refractivity contribution >= 4 is 49.8 Å². The van der Waals surface area contributed by atoms with Crippen molar-refractivity contribution in [1.29, 1.82) is 0 Å². The number of aliphatic hydroxyl groups is 1. The molecule has 10 heteroatoms. The molecule has 0 radical (unpaired) electrons. The molecule has 2 heterocycles. The Balaban J connectivity index is 1.72. The van der Waals surface area contributed by atoms with Gasteiger partial charge in [-0.1, -0.05) is 29.5 Å². The predicted molar refractivity (Wildman–Crippen MR) is 145 cm³/mol. The van der Waals surface area contributed by atoms with Crippen molar-refractivity contribution < 1.29 is 24.4 Å². The quantitative estimate of drug-likeness (QED) is 0.109. The molecule has 4 aromatic rings. The van der Waals surface area contributed by atoms with E-state index in [0.29, 0.717) is 29.0 Å². The van der Waals surface area contributed by atoms with Gasteiger partial charge in [0.1, 0.15) is 11.5 Å². The number of fused-ring (bicyclic) bond motifs is 1. The molecular weight excluding hydrogens is 506 g/mol. The van der Waals surface area contributed by atoms with Crippen LogP contribution in [0.4, 0.5) is 10.8 Å². The number of hydrogen-bond acceptors (Lipinski definition) is 8. The van der Waals surface area contributed by atoms with Crippen LogP contribution in [0.2, 0.25) is 0 Å². The Labute approximate surface area is 221 Å². The van der Waals surface area contributed by atoms with E-state index in [1.165, 1.54) is 34.4 Å². The highest BCUT2D eigenvalue weighted by atomic mass is 32.1. The summed E-state index contributed by atoms with van der Waals surface area (Å²) in [6.07, 6.45) is 0. The Morgan fingerprint density at radius 1 is 1.13 bits per heavy atom. The number of anilines is 1.